The van der Waals surface area contributed by atoms with Crippen LogP contribution in [0.5, 0.6) is 0 Å². The van der Waals surface area contributed by atoms with Gasteiger partial charge in [0.1, 0.15) is 0 Å². The highest BCUT2D eigenvalue weighted by Crippen LogP contribution is 2.24. The van der Waals surface area contributed by atoms with Gasteiger partial charge in [-0.3, -0.25) is 4.79 Å². The molecule has 5 nitrogen and oxygen atoms in total. The Bertz CT molecular complexity index is 888. The first-order chi connectivity index (χ1) is 11.1. The SMILES string of the molecule is O=C(O)c1cccc(CSc2nc(-c3cccs3)cc(=O)[nH]2)c1. The third kappa shape index (κ3) is 3.88. The summed E-state index contributed by atoms with van der Waals surface area (Å²) in [4.78, 5) is 30.8. The number of nitrogens with zero attached hydrogens (tertiary/aromatic N) is 1. The number of carboxylic acids is 1. The number of H-pyrrole nitrogens is 1. The minimum absolute atomic E-state index is 0.204. The zero-order valence-corrected chi connectivity index (χ0v) is 13.5. The molecule has 0 amide bonds. The number of aromatic amines is 1. The van der Waals surface area contributed by atoms with Gasteiger partial charge in [-0.05, 0) is 29.1 Å². The summed E-state index contributed by atoms with van der Waals surface area (Å²) in [5.74, 6) is -0.430. The van der Waals surface area contributed by atoms with E-state index in [-0.39, 0.29) is 11.1 Å². The Morgan fingerprint density at radius 2 is 2.13 bits per heavy atom. The molecule has 2 aromatic heterocycles. The first kappa shape index (κ1) is 15.5. The molecule has 0 aliphatic rings. The van der Waals surface area contributed by atoms with Crippen molar-refractivity contribution in [1.82, 2.24) is 9.97 Å². The summed E-state index contributed by atoms with van der Waals surface area (Å²) in [6.45, 7) is 0. The molecule has 0 saturated heterocycles. The number of nitrogens with one attached hydrogen (secondary N) is 1. The number of hydrogen-bond donors (Lipinski definition) is 2. The number of aromatic nitrogens is 2. The van der Waals surface area contributed by atoms with Gasteiger partial charge in [0.15, 0.2) is 5.16 Å². The van der Waals surface area contributed by atoms with Crippen LogP contribution in [0.25, 0.3) is 10.6 Å². The van der Waals surface area contributed by atoms with Crippen LogP contribution in [-0.2, 0) is 5.75 Å². The molecule has 0 unspecified atom stereocenters. The van der Waals surface area contributed by atoms with Crippen LogP contribution in [0.1, 0.15) is 15.9 Å². The van der Waals surface area contributed by atoms with Gasteiger partial charge in [-0.25, -0.2) is 9.78 Å². The second kappa shape index (κ2) is 6.80. The lowest BCUT2D eigenvalue weighted by Gasteiger charge is -2.04. The maximum atomic E-state index is 11.8. The Kier molecular flexibility index (Phi) is 4.59. The van der Waals surface area contributed by atoms with Gasteiger partial charge in [0.05, 0.1) is 16.1 Å². The molecule has 7 heteroatoms. The Hall–Kier alpha value is -2.38. The van der Waals surface area contributed by atoms with Gasteiger partial charge in [0.25, 0.3) is 5.56 Å². The summed E-state index contributed by atoms with van der Waals surface area (Å²) >= 11 is 2.89. The summed E-state index contributed by atoms with van der Waals surface area (Å²) in [5, 5.41) is 11.5. The largest absolute Gasteiger partial charge is 0.478 e. The topological polar surface area (TPSA) is 83.0 Å². The van der Waals surface area contributed by atoms with Gasteiger partial charge in [-0.2, -0.15) is 0 Å². The minimum atomic E-state index is -0.955. The van der Waals surface area contributed by atoms with E-state index in [9.17, 15) is 9.59 Å². The number of benzene rings is 1. The second-order valence-electron chi connectivity index (χ2n) is 4.71. The fourth-order valence-corrected chi connectivity index (χ4v) is 3.50. The van der Waals surface area contributed by atoms with Crippen LogP contribution in [-0.4, -0.2) is 21.0 Å². The molecule has 2 N–H and O–H groups in total. The van der Waals surface area contributed by atoms with Crippen LogP contribution in [0.15, 0.2) is 57.8 Å². The van der Waals surface area contributed by atoms with Crippen molar-refractivity contribution in [1.29, 1.82) is 0 Å². The van der Waals surface area contributed by atoms with Gasteiger partial charge >= 0.3 is 5.97 Å². The van der Waals surface area contributed by atoms with Crippen molar-refractivity contribution < 1.29 is 9.90 Å². The van der Waals surface area contributed by atoms with E-state index in [1.54, 1.807) is 18.2 Å². The van der Waals surface area contributed by atoms with E-state index in [2.05, 4.69) is 9.97 Å². The van der Waals surface area contributed by atoms with Crippen LogP contribution in [0.4, 0.5) is 0 Å². The van der Waals surface area contributed by atoms with E-state index in [0.717, 1.165) is 10.4 Å². The van der Waals surface area contributed by atoms with Gasteiger partial charge in [-0.1, -0.05) is 30.0 Å². The van der Waals surface area contributed by atoms with Crippen LogP contribution < -0.4 is 5.56 Å². The third-order valence-electron chi connectivity index (χ3n) is 3.04. The molecule has 116 valence electrons. The monoisotopic (exact) mass is 344 g/mol. The van der Waals surface area contributed by atoms with E-state index in [1.807, 2.05) is 23.6 Å². The highest BCUT2D eigenvalue weighted by atomic mass is 32.2. The molecule has 3 aromatic rings. The molecule has 3 rings (SSSR count). The predicted molar refractivity (Wildman–Crippen MR) is 91.1 cm³/mol. The first-order valence-corrected chi connectivity index (χ1v) is 8.58. The van der Waals surface area contributed by atoms with Crippen LogP contribution in [0.2, 0.25) is 0 Å². The number of carboxylic acid groups (broad SMARTS) is 1. The van der Waals surface area contributed by atoms with E-state index in [0.29, 0.717) is 16.6 Å². The molecule has 0 atom stereocenters. The van der Waals surface area contributed by atoms with E-state index >= 15 is 0 Å². The summed E-state index contributed by atoms with van der Waals surface area (Å²) < 4.78 is 0. The molecule has 1 aromatic carbocycles. The van der Waals surface area contributed by atoms with Crippen molar-refractivity contribution >= 4 is 29.1 Å². The molecular formula is C16H12N2O3S2. The van der Waals surface area contributed by atoms with Crippen molar-refractivity contribution in [2.45, 2.75) is 10.9 Å². The van der Waals surface area contributed by atoms with Crippen molar-refractivity contribution in [3.8, 4) is 10.6 Å². The molecule has 2 heterocycles. The number of aromatic carboxylic acids is 1. The van der Waals surface area contributed by atoms with E-state index in [1.165, 1.54) is 29.2 Å². The summed E-state index contributed by atoms with van der Waals surface area (Å²) in [6.07, 6.45) is 0. The number of thioether (sulfide) groups is 1. The molecule has 0 bridgehead atoms. The molecule has 0 fully saturated rings. The standard InChI is InChI=1S/C16H12N2O3S2/c19-14-8-12(13-5-2-6-22-13)17-16(18-14)23-9-10-3-1-4-11(7-10)15(20)21/h1-8H,9H2,(H,20,21)(H,17,18,19). The van der Waals surface area contributed by atoms with Gasteiger partial charge in [0, 0.05) is 11.8 Å². The Morgan fingerprint density at radius 3 is 2.87 bits per heavy atom. The summed E-state index contributed by atoms with van der Waals surface area (Å²) in [7, 11) is 0. The summed E-state index contributed by atoms with van der Waals surface area (Å²) in [5.41, 5.74) is 1.55. The van der Waals surface area contributed by atoms with Gasteiger partial charge < -0.3 is 10.1 Å². The van der Waals surface area contributed by atoms with Crippen molar-refractivity contribution in [3.63, 3.8) is 0 Å². The lowest BCUT2D eigenvalue weighted by molar-refractivity contribution is 0.0697. The molecule has 0 aliphatic heterocycles. The molecule has 0 radical (unpaired) electrons. The number of rotatable bonds is 5. The van der Waals surface area contributed by atoms with Crippen molar-refractivity contribution in [3.05, 3.63) is 69.3 Å². The Morgan fingerprint density at radius 1 is 1.26 bits per heavy atom. The maximum absolute atomic E-state index is 11.8. The first-order valence-electron chi connectivity index (χ1n) is 6.72. The van der Waals surface area contributed by atoms with Crippen molar-refractivity contribution in [2.75, 3.05) is 0 Å². The lowest BCUT2D eigenvalue weighted by Crippen LogP contribution is -2.07. The smallest absolute Gasteiger partial charge is 0.335 e. The molecule has 0 saturated carbocycles. The quantitative estimate of drug-likeness (QED) is 0.547. The van der Waals surface area contributed by atoms with E-state index in [4.69, 9.17) is 5.11 Å². The zero-order chi connectivity index (χ0) is 16.2. The lowest BCUT2D eigenvalue weighted by atomic mass is 10.1. The average Bonchev–Trinajstić information content (AvgIpc) is 3.07. The predicted octanol–water partition coefficient (Wildman–Crippen LogP) is 3.49. The fraction of sp³-hybridized carbons (Fsp3) is 0.0625. The van der Waals surface area contributed by atoms with Crippen molar-refractivity contribution in [2.24, 2.45) is 0 Å². The maximum Gasteiger partial charge on any atom is 0.335 e. The van der Waals surface area contributed by atoms with E-state index < -0.39 is 5.97 Å². The number of carbonyl (C=O) groups is 1. The second-order valence-corrected chi connectivity index (χ2v) is 6.62. The highest BCUT2D eigenvalue weighted by Gasteiger charge is 2.07. The Balaban J connectivity index is 1.80. The normalized spacial score (nSPS) is 10.6. The molecule has 0 spiro atoms. The minimum Gasteiger partial charge on any atom is -0.478 e. The molecule has 23 heavy (non-hydrogen) atoms. The number of thiophene rings is 1. The molecule has 0 aliphatic carbocycles. The van der Waals surface area contributed by atoms with Crippen LogP contribution in [0, 0.1) is 0 Å². The van der Waals surface area contributed by atoms with Gasteiger partial charge in [-0.15, -0.1) is 11.3 Å². The zero-order valence-electron chi connectivity index (χ0n) is 11.9. The van der Waals surface area contributed by atoms with Gasteiger partial charge in [0.2, 0.25) is 0 Å². The van der Waals surface area contributed by atoms with Crippen LogP contribution >= 0.6 is 23.1 Å². The fourth-order valence-electron chi connectivity index (χ4n) is 2.00. The highest BCUT2D eigenvalue weighted by molar-refractivity contribution is 7.98. The molecular weight excluding hydrogens is 332 g/mol. The number of hydrogen-bond acceptors (Lipinski definition) is 5. The third-order valence-corrected chi connectivity index (χ3v) is 4.88. The Labute approximate surface area is 140 Å². The average molecular weight is 344 g/mol. The van der Waals surface area contributed by atoms with Crippen LogP contribution in [0.3, 0.4) is 0 Å². The summed E-state index contributed by atoms with van der Waals surface area (Å²) in [6, 6.07) is 12.0.